The van der Waals surface area contributed by atoms with E-state index in [2.05, 4.69) is 22.1 Å². The van der Waals surface area contributed by atoms with Gasteiger partial charge in [-0.2, -0.15) is 0 Å². The Morgan fingerprint density at radius 3 is 2.75 bits per heavy atom. The number of hydrogen-bond acceptors (Lipinski definition) is 4. The Labute approximate surface area is 163 Å². The van der Waals surface area contributed by atoms with Crippen molar-refractivity contribution in [2.24, 2.45) is 5.92 Å². The van der Waals surface area contributed by atoms with Crippen molar-refractivity contribution in [1.82, 2.24) is 9.55 Å². The highest BCUT2D eigenvalue weighted by Gasteiger charge is 2.27. The van der Waals surface area contributed by atoms with E-state index in [0.717, 1.165) is 29.8 Å². The minimum Gasteiger partial charge on any atom is -0.428 e. The molecule has 0 bridgehead atoms. The lowest BCUT2D eigenvalue weighted by atomic mass is 10.0. The molecule has 6 nitrogen and oxygen atoms in total. The summed E-state index contributed by atoms with van der Waals surface area (Å²) in [5.41, 5.74) is 0.417. The van der Waals surface area contributed by atoms with Gasteiger partial charge in [0, 0.05) is 22.6 Å². The first-order valence-electron chi connectivity index (χ1n) is 8.56. The van der Waals surface area contributed by atoms with Gasteiger partial charge in [0.05, 0.1) is 18.6 Å². The first-order valence-corrected chi connectivity index (χ1v) is 8.94. The quantitative estimate of drug-likeness (QED) is 0.786. The highest BCUT2D eigenvalue weighted by atomic mass is 35.5. The number of hydrogen-bond donors (Lipinski definition) is 1. The highest BCUT2D eigenvalue weighted by molar-refractivity contribution is 6.31. The van der Waals surface area contributed by atoms with E-state index < -0.39 is 29.9 Å². The summed E-state index contributed by atoms with van der Waals surface area (Å²) in [6, 6.07) is 4.04. The van der Waals surface area contributed by atoms with E-state index in [0.29, 0.717) is 27.8 Å². The monoisotopic (exact) mass is 405 g/mol. The van der Waals surface area contributed by atoms with E-state index in [9.17, 15) is 18.4 Å². The summed E-state index contributed by atoms with van der Waals surface area (Å²) in [7, 11) is 0. The van der Waals surface area contributed by atoms with Crippen LogP contribution in [0.1, 0.15) is 42.2 Å². The maximum atomic E-state index is 12.7. The molecular formula is C19H14ClF2N3O3. The zero-order valence-corrected chi connectivity index (χ0v) is 15.2. The van der Waals surface area contributed by atoms with Gasteiger partial charge in [-0.25, -0.2) is 18.6 Å². The molecule has 1 N–H and O–H groups in total. The number of aromatic nitrogens is 2. The number of carbonyl (C=O) groups excluding carboxylic acids is 1. The van der Waals surface area contributed by atoms with Gasteiger partial charge >= 0.3 is 6.09 Å². The molecule has 2 aliphatic rings. The molecule has 2 aromatic rings. The minimum absolute atomic E-state index is 0.0105. The van der Waals surface area contributed by atoms with Gasteiger partial charge in [0.15, 0.2) is 6.10 Å². The topological polar surface area (TPSA) is 73.2 Å². The van der Waals surface area contributed by atoms with Crippen LogP contribution in [0.25, 0.3) is 0 Å². The van der Waals surface area contributed by atoms with E-state index in [4.69, 9.17) is 16.3 Å². The smallest absolute Gasteiger partial charge is 0.413 e. The van der Waals surface area contributed by atoms with Crippen molar-refractivity contribution < 1.29 is 18.3 Å². The second-order valence-corrected chi connectivity index (χ2v) is 6.99. The number of fused-ring (bicyclic) bond motifs is 1. The second-order valence-electron chi connectivity index (χ2n) is 6.58. The minimum atomic E-state index is -2.82. The molecule has 1 aliphatic carbocycles. The Kier molecular flexibility index (Phi) is 4.77. The van der Waals surface area contributed by atoms with Gasteiger partial charge in [-0.1, -0.05) is 23.4 Å². The third-order valence-corrected chi connectivity index (χ3v) is 4.78. The van der Waals surface area contributed by atoms with Crippen LogP contribution in [-0.4, -0.2) is 15.6 Å². The third-order valence-electron chi connectivity index (χ3n) is 4.42. The summed E-state index contributed by atoms with van der Waals surface area (Å²) >= 11 is 6.35. The molecule has 1 atom stereocenters. The number of halogens is 3. The fourth-order valence-corrected chi connectivity index (χ4v) is 3.01. The van der Waals surface area contributed by atoms with Crippen molar-refractivity contribution in [1.29, 1.82) is 0 Å². The van der Waals surface area contributed by atoms with Crippen LogP contribution in [0.2, 0.25) is 5.02 Å². The summed E-state index contributed by atoms with van der Waals surface area (Å²) in [4.78, 5) is 27.5. The largest absolute Gasteiger partial charge is 0.428 e. The Hall–Kier alpha value is -2.92. The number of nitrogens with one attached hydrogen (secondary N) is 1. The third kappa shape index (κ3) is 3.85. The summed E-state index contributed by atoms with van der Waals surface area (Å²) in [5, 5.41) is 2.93. The first kappa shape index (κ1) is 18.4. The number of benzene rings is 1. The summed E-state index contributed by atoms with van der Waals surface area (Å²) in [6.07, 6.45) is -1.03. The number of carbonyl (C=O) groups is 1. The Bertz CT molecular complexity index is 1070. The molecule has 1 amide bonds. The average Bonchev–Trinajstić information content (AvgIpc) is 3.46. The molecule has 0 unspecified atom stereocenters. The zero-order chi connectivity index (χ0) is 19.8. The summed E-state index contributed by atoms with van der Waals surface area (Å²) in [6.45, 7) is 0.0105. The van der Waals surface area contributed by atoms with Crippen LogP contribution in [-0.2, 0) is 11.3 Å². The lowest BCUT2D eigenvalue weighted by molar-refractivity contribution is 0.134. The fourth-order valence-electron chi connectivity index (χ4n) is 2.78. The lowest BCUT2D eigenvalue weighted by Gasteiger charge is -2.24. The van der Waals surface area contributed by atoms with Crippen LogP contribution >= 0.6 is 11.6 Å². The number of nitrogens with zero attached hydrogens (tertiary/aromatic N) is 2. The number of ether oxygens (including phenoxy) is 1. The van der Waals surface area contributed by atoms with Crippen molar-refractivity contribution in [2.45, 2.75) is 31.9 Å². The van der Waals surface area contributed by atoms with Gasteiger partial charge in [0.2, 0.25) is 0 Å². The predicted molar refractivity (Wildman–Crippen MR) is 97.4 cm³/mol. The molecule has 2 heterocycles. The van der Waals surface area contributed by atoms with Crippen molar-refractivity contribution in [3.05, 3.63) is 56.7 Å². The van der Waals surface area contributed by atoms with Gasteiger partial charge in [-0.05, 0) is 30.5 Å². The van der Waals surface area contributed by atoms with E-state index in [-0.39, 0.29) is 6.54 Å². The molecule has 9 heteroatoms. The second kappa shape index (κ2) is 7.24. The van der Waals surface area contributed by atoms with Gasteiger partial charge in [-0.3, -0.25) is 14.7 Å². The summed E-state index contributed by atoms with van der Waals surface area (Å²) < 4.78 is 31.7. The number of alkyl halides is 2. The SMILES string of the molecule is O=C1Nc2cc(Cn3cnc(C(F)F)cc3=O)c(Cl)cc2[C@H](C#CC2CC2)O1. The van der Waals surface area contributed by atoms with Gasteiger partial charge in [0.25, 0.3) is 12.0 Å². The number of rotatable bonds is 3. The molecule has 1 aromatic carbocycles. The molecule has 4 rings (SSSR count). The van der Waals surface area contributed by atoms with E-state index in [1.807, 2.05) is 0 Å². The van der Waals surface area contributed by atoms with Crippen LogP contribution < -0.4 is 10.9 Å². The van der Waals surface area contributed by atoms with E-state index in [1.165, 1.54) is 0 Å². The Balaban J connectivity index is 1.65. The van der Waals surface area contributed by atoms with Crippen molar-refractivity contribution in [2.75, 3.05) is 5.32 Å². The van der Waals surface area contributed by atoms with Crippen molar-refractivity contribution in [3.63, 3.8) is 0 Å². The molecule has 1 aliphatic heterocycles. The molecule has 28 heavy (non-hydrogen) atoms. The van der Waals surface area contributed by atoms with E-state index in [1.54, 1.807) is 12.1 Å². The maximum Gasteiger partial charge on any atom is 0.413 e. The van der Waals surface area contributed by atoms with Gasteiger partial charge in [0.1, 0.15) is 5.69 Å². The Morgan fingerprint density at radius 2 is 2.07 bits per heavy atom. The van der Waals surface area contributed by atoms with Gasteiger partial charge in [-0.15, -0.1) is 0 Å². The fraction of sp³-hybridized carbons (Fsp3) is 0.316. The molecule has 1 saturated carbocycles. The normalized spacial score (nSPS) is 18.0. The van der Waals surface area contributed by atoms with Gasteiger partial charge < -0.3 is 4.74 Å². The standard InChI is InChI=1S/C19H14ClF2N3O3/c20-13-6-12-14(24-19(27)28-16(12)4-3-10-1-2-10)5-11(13)8-25-9-23-15(18(21)22)7-17(25)26/h5-7,9-10,16,18H,1-2,8H2,(H,24,27)/t16-/m0/s1. The van der Waals surface area contributed by atoms with Crippen LogP contribution in [0.15, 0.2) is 29.3 Å². The lowest BCUT2D eigenvalue weighted by Crippen LogP contribution is -2.25. The molecule has 0 radical (unpaired) electrons. The van der Waals surface area contributed by atoms with Crippen LogP contribution in [0.3, 0.4) is 0 Å². The Morgan fingerprint density at radius 1 is 1.29 bits per heavy atom. The van der Waals surface area contributed by atoms with E-state index >= 15 is 0 Å². The molecule has 1 aromatic heterocycles. The number of cyclic esters (lactones) is 1. The summed E-state index contributed by atoms with van der Waals surface area (Å²) in [5.74, 6) is 6.38. The van der Waals surface area contributed by atoms with Crippen LogP contribution in [0, 0.1) is 17.8 Å². The highest BCUT2D eigenvalue weighted by Crippen LogP contribution is 2.36. The molecule has 0 saturated heterocycles. The molecule has 144 valence electrons. The maximum absolute atomic E-state index is 12.7. The number of anilines is 1. The van der Waals surface area contributed by atoms with Crippen LogP contribution in [0.5, 0.6) is 0 Å². The van der Waals surface area contributed by atoms with Crippen LogP contribution in [0.4, 0.5) is 19.3 Å². The zero-order valence-electron chi connectivity index (χ0n) is 14.4. The van der Waals surface area contributed by atoms with Crippen molar-refractivity contribution in [3.8, 4) is 11.8 Å². The number of amides is 1. The first-order chi connectivity index (χ1) is 13.4. The molecule has 1 fully saturated rings. The molecular weight excluding hydrogens is 392 g/mol. The average molecular weight is 406 g/mol. The van der Waals surface area contributed by atoms with Crippen molar-refractivity contribution >= 4 is 23.4 Å². The predicted octanol–water partition coefficient (Wildman–Crippen LogP) is 3.90. The molecule has 0 spiro atoms.